The summed E-state index contributed by atoms with van der Waals surface area (Å²) in [4.78, 5) is 9.99. The molecule has 0 spiro atoms. The summed E-state index contributed by atoms with van der Waals surface area (Å²) in [5, 5.41) is 22.9. The summed E-state index contributed by atoms with van der Waals surface area (Å²) in [7, 11) is 0. The Morgan fingerprint density at radius 1 is 1.79 bits per heavy atom. The van der Waals surface area contributed by atoms with Crippen LogP contribution in [0.5, 0.6) is 0 Å². The van der Waals surface area contributed by atoms with E-state index in [2.05, 4.69) is 5.32 Å². The van der Waals surface area contributed by atoms with E-state index in [1.165, 1.54) is 0 Å². The van der Waals surface area contributed by atoms with E-state index in [1.54, 1.807) is 16.8 Å². The van der Waals surface area contributed by atoms with Crippen molar-refractivity contribution in [3.8, 4) is 0 Å². The maximum atomic E-state index is 9.99. The predicted molar refractivity (Wildman–Crippen MR) is 53.7 cm³/mol. The summed E-state index contributed by atoms with van der Waals surface area (Å²) < 4.78 is 0. The van der Waals surface area contributed by atoms with Crippen LogP contribution >= 0.6 is 11.3 Å². The van der Waals surface area contributed by atoms with Crippen molar-refractivity contribution in [1.82, 2.24) is 10.7 Å². The minimum atomic E-state index is -0.768. The van der Waals surface area contributed by atoms with E-state index in [4.69, 9.17) is 5.41 Å². The van der Waals surface area contributed by atoms with Crippen molar-refractivity contribution in [2.75, 3.05) is 0 Å². The zero-order valence-electron chi connectivity index (χ0n) is 7.48. The number of hydrogen-bond acceptors (Lipinski definition) is 4. The average Bonchev–Trinajstić information content (AvgIpc) is 2.53. The third kappa shape index (κ3) is 3.02. The molecule has 14 heavy (non-hydrogen) atoms. The summed E-state index contributed by atoms with van der Waals surface area (Å²) in [5.74, 6) is -0.311. The van der Waals surface area contributed by atoms with Gasteiger partial charge in [-0.3, -0.25) is 5.41 Å². The van der Waals surface area contributed by atoms with E-state index in [9.17, 15) is 10.1 Å². The molecule has 6 nitrogen and oxygen atoms in total. The molecule has 0 fully saturated rings. The minimum Gasteiger partial charge on any atom is -0.346 e. The second-order valence-electron chi connectivity index (χ2n) is 2.67. The molecule has 0 saturated heterocycles. The normalized spacial score (nSPS) is 11.8. The molecule has 1 atom stereocenters. The van der Waals surface area contributed by atoms with Gasteiger partial charge < -0.3 is 5.32 Å². The molecule has 0 saturated carbocycles. The molecule has 0 aliphatic rings. The van der Waals surface area contributed by atoms with Crippen LogP contribution in [0.2, 0.25) is 0 Å². The first-order valence-corrected chi connectivity index (χ1v) is 4.82. The fourth-order valence-electron chi connectivity index (χ4n) is 0.945. The monoisotopic (exact) mass is 214 g/mol. The molecule has 0 amide bonds. The van der Waals surface area contributed by atoms with Crippen LogP contribution in [0.15, 0.2) is 16.8 Å². The van der Waals surface area contributed by atoms with Crippen molar-refractivity contribution < 1.29 is 5.03 Å². The molecule has 1 unspecified atom stereocenters. The van der Waals surface area contributed by atoms with Crippen LogP contribution in [0.25, 0.3) is 0 Å². The molecular formula is C7H10N4O2S. The molecule has 1 aromatic heterocycles. The van der Waals surface area contributed by atoms with E-state index in [0.717, 1.165) is 5.56 Å². The van der Waals surface area contributed by atoms with Gasteiger partial charge in [-0.15, -0.1) is 0 Å². The van der Waals surface area contributed by atoms with Crippen LogP contribution in [0.3, 0.4) is 0 Å². The van der Waals surface area contributed by atoms with Crippen molar-refractivity contribution in [2.24, 2.45) is 0 Å². The van der Waals surface area contributed by atoms with E-state index < -0.39 is 5.03 Å². The van der Waals surface area contributed by atoms with Crippen LogP contribution < -0.4 is 10.7 Å². The van der Waals surface area contributed by atoms with Crippen LogP contribution in [0, 0.1) is 15.5 Å². The van der Waals surface area contributed by atoms with E-state index >= 15 is 0 Å². The predicted octanol–water partition coefficient (Wildman–Crippen LogP) is 1.11. The van der Waals surface area contributed by atoms with Crippen LogP contribution in [0.4, 0.5) is 0 Å². The number of guanidine groups is 1. The molecule has 0 bridgehead atoms. The quantitative estimate of drug-likeness (QED) is 0.304. The largest absolute Gasteiger partial charge is 0.346 e. The fraction of sp³-hybridized carbons (Fsp3) is 0.286. The maximum absolute atomic E-state index is 9.99. The standard InChI is InChI=1S/C7H10N4O2S/c1-5(6-2-3-14-4-6)9-7(8)10-11(12)13/h2-5H,1H3,(H3,8,9,10). The fourth-order valence-corrected chi connectivity index (χ4v) is 1.70. The first-order chi connectivity index (χ1) is 6.59. The van der Waals surface area contributed by atoms with Crippen LogP contribution in [-0.4, -0.2) is 11.0 Å². The summed E-state index contributed by atoms with van der Waals surface area (Å²) >= 11 is 1.54. The Hall–Kier alpha value is -1.63. The molecule has 7 heteroatoms. The molecule has 1 rings (SSSR count). The van der Waals surface area contributed by atoms with Gasteiger partial charge in [-0.1, -0.05) is 5.43 Å². The molecular weight excluding hydrogens is 204 g/mol. The second-order valence-corrected chi connectivity index (χ2v) is 3.45. The van der Waals surface area contributed by atoms with Crippen molar-refractivity contribution in [1.29, 1.82) is 5.41 Å². The lowest BCUT2D eigenvalue weighted by molar-refractivity contribution is -0.525. The van der Waals surface area contributed by atoms with Crippen molar-refractivity contribution >= 4 is 17.3 Å². The Kier molecular flexibility index (Phi) is 3.41. The molecule has 3 N–H and O–H groups in total. The van der Waals surface area contributed by atoms with Gasteiger partial charge in [0, 0.05) is 0 Å². The summed E-state index contributed by atoms with van der Waals surface area (Å²) in [6.07, 6.45) is 0. The number of rotatable bonds is 3. The molecule has 0 aliphatic heterocycles. The van der Waals surface area contributed by atoms with Gasteiger partial charge in [0.25, 0.3) is 5.96 Å². The van der Waals surface area contributed by atoms with Crippen molar-refractivity contribution in [3.63, 3.8) is 0 Å². The highest BCUT2D eigenvalue weighted by Crippen LogP contribution is 2.14. The Balaban J connectivity index is 2.45. The highest BCUT2D eigenvalue weighted by atomic mass is 32.1. The Bertz CT molecular complexity index is 324. The lowest BCUT2D eigenvalue weighted by Gasteiger charge is -2.11. The van der Waals surface area contributed by atoms with E-state index in [1.807, 2.05) is 23.8 Å². The molecule has 0 aliphatic carbocycles. The topological polar surface area (TPSA) is 91.1 Å². The summed E-state index contributed by atoms with van der Waals surface area (Å²) in [6.45, 7) is 1.83. The number of thiophene rings is 1. The first kappa shape index (κ1) is 10.5. The van der Waals surface area contributed by atoms with Gasteiger partial charge >= 0.3 is 0 Å². The highest BCUT2D eigenvalue weighted by Gasteiger charge is 2.09. The second kappa shape index (κ2) is 4.56. The summed E-state index contributed by atoms with van der Waals surface area (Å²) in [6, 6.07) is 1.79. The number of nitrogens with zero attached hydrogens (tertiary/aromatic N) is 1. The Morgan fingerprint density at radius 3 is 3.00 bits per heavy atom. The molecule has 1 aromatic rings. The number of nitrogens with one attached hydrogen (secondary N) is 3. The minimum absolute atomic E-state index is 0.110. The van der Waals surface area contributed by atoms with Gasteiger partial charge in [0.15, 0.2) is 5.03 Å². The van der Waals surface area contributed by atoms with Gasteiger partial charge in [-0.25, -0.2) is 10.1 Å². The molecule has 0 aromatic carbocycles. The average molecular weight is 214 g/mol. The molecule has 76 valence electrons. The zero-order chi connectivity index (χ0) is 10.6. The molecule has 1 heterocycles. The van der Waals surface area contributed by atoms with E-state index in [0.29, 0.717) is 0 Å². The van der Waals surface area contributed by atoms with Crippen LogP contribution in [0.1, 0.15) is 18.5 Å². The van der Waals surface area contributed by atoms with Gasteiger partial charge in [0.1, 0.15) is 0 Å². The highest BCUT2D eigenvalue weighted by molar-refractivity contribution is 7.07. The van der Waals surface area contributed by atoms with Crippen LogP contribution in [-0.2, 0) is 0 Å². The lowest BCUT2D eigenvalue weighted by atomic mass is 10.2. The van der Waals surface area contributed by atoms with E-state index in [-0.39, 0.29) is 12.0 Å². The molecule has 0 radical (unpaired) electrons. The summed E-state index contributed by atoms with van der Waals surface area (Å²) in [5.41, 5.74) is 2.74. The number of nitro groups is 1. The smallest absolute Gasteiger partial charge is 0.251 e. The number of hydrogen-bond donors (Lipinski definition) is 3. The zero-order valence-corrected chi connectivity index (χ0v) is 8.30. The van der Waals surface area contributed by atoms with Gasteiger partial charge in [0.2, 0.25) is 0 Å². The maximum Gasteiger partial charge on any atom is 0.251 e. The SMILES string of the molecule is CC(NC(=N)N[N+](=O)[O-])c1ccsc1. The third-order valence-electron chi connectivity index (χ3n) is 1.61. The van der Waals surface area contributed by atoms with Gasteiger partial charge in [-0.05, 0) is 29.3 Å². The van der Waals surface area contributed by atoms with Gasteiger partial charge in [0.05, 0.1) is 6.04 Å². The first-order valence-electron chi connectivity index (χ1n) is 3.88. The third-order valence-corrected chi connectivity index (χ3v) is 2.31. The Labute approximate surface area is 84.6 Å². The van der Waals surface area contributed by atoms with Gasteiger partial charge in [-0.2, -0.15) is 11.3 Å². The van der Waals surface area contributed by atoms with Crippen molar-refractivity contribution in [2.45, 2.75) is 13.0 Å². The lowest BCUT2D eigenvalue weighted by Crippen LogP contribution is -2.40. The Morgan fingerprint density at radius 2 is 2.50 bits per heavy atom. The number of hydrazine groups is 1. The van der Waals surface area contributed by atoms with Crippen molar-refractivity contribution in [3.05, 3.63) is 32.5 Å².